The standard InChI is InChI=1S/C10H12O5.Na/c1-13-7-4-6(10(12)15-3)5-8(14-2)9(7)11;/h4-5,11H,1-3H3;/q;+1/p-1. The van der Waals surface area contributed by atoms with Crippen molar-refractivity contribution in [3.63, 3.8) is 0 Å². The molecule has 6 heteroatoms. The molecule has 16 heavy (non-hydrogen) atoms. The van der Waals surface area contributed by atoms with Crippen LogP contribution in [0.3, 0.4) is 0 Å². The van der Waals surface area contributed by atoms with Crippen LogP contribution in [0.2, 0.25) is 0 Å². The smallest absolute Gasteiger partial charge is 0.867 e. The summed E-state index contributed by atoms with van der Waals surface area (Å²) in [7, 11) is 3.95. The molecule has 0 unspecified atom stereocenters. The number of carbonyl (C=O) groups is 1. The van der Waals surface area contributed by atoms with Crippen molar-refractivity contribution in [1.29, 1.82) is 0 Å². The van der Waals surface area contributed by atoms with Gasteiger partial charge in [-0.15, -0.1) is 0 Å². The predicted molar refractivity (Wildman–Crippen MR) is 50.3 cm³/mol. The van der Waals surface area contributed by atoms with Crippen LogP contribution in [-0.2, 0) is 4.74 Å². The largest absolute Gasteiger partial charge is 1.00 e. The van der Waals surface area contributed by atoms with E-state index in [0.717, 1.165) is 0 Å². The molecule has 82 valence electrons. The topological polar surface area (TPSA) is 67.8 Å². The Hall–Kier alpha value is -0.910. The van der Waals surface area contributed by atoms with Crippen molar-refractivity contribution in [1.82, 2.24) is 0 Å². The van der Waals surface area contributed by atoms with E-state index in [-0.39, 0.29) is 46.6 Å². The van der Waals surface area contributed by atoms with E-state index in [4.69, 9.17) is 9.47 Å². The average molecular weight is 234 g/mol. The molecule has 0 aliphatic carbocycles. The van der Waals surface area contributed by atoms with E-state index in [0.29, 0.717) is 0 Å². The number of esters is 1. The Morgan fingerprint density at radius 3 is 1.88 bits per heavy atom. The average Bonchev–Trinajstić information content (AvgIpc) is 2.28. The molecule has 1 aromatic carbocycles. The zero-order chi connectivity index (χ0) is 11.4. The summed E-state index contributed by atoms with van der Waals surface area (Å²) in [5.41, 5.74) is 0.214. The zero-order valence-electron chi connectivity index (χ0n) is 9.70. The van der Waals surface area contributed by atoms with Crippen molar-refractivity contribution in [3.05, 3.63) is 17.7 Å². The first-order valence-corrected chi connectivity index (χ1v) is 4.15. The van der Waals surface area contributed by atoms with E-state index in [1.165, 1.54) is 33.5 Å². The third-order valence-electron chi connectivity index (χ3n) is 1.88. The number of methoxy groups -OCH3 is 3. The normalized spacial score (nSPS) is 8.94. The number of rotatable bonds is 3. The molecule has 0 heterocycles. The minimum atomic E-state index is -0.549. The summed E-state index contributed by atoms with van der Waals surface area (Å²) >= 11 is 0. The van der Waals surface area contributed by atoms with Crippen LogP contribution in [-0.4, -0.2) is 27.3 Å². The number of hydrogen-bond donors (Lipinski definition) is 0. The van der Waals surface area contributed by atoms with E-state index >= 15 is 0 Å². The van der Waals surface area contributed by atoms with Gasteiger partial charge in [0.25, 0.3) is 0 Å². The Labute approximate surface area is 116 Å². The van der Waals surface area contributed by atoms with Crippen LogP contribution in [0.4, 0.5) is 0 Å². The molecule has 0 spiro atoms. The second-order valence-corrected chi connectivity index (χ2v) is 2.70. The summed E-state index contributed by atoms with van der Waals surface area (Å²) in [4.78, 5) is 11.2. The van der Waals surface area contributed by atoms with Gasteiger partial charge in [0, 0.05) is 0 Å². The van der Waals surface area contributed by atoms with Gasteiger partial charge in [-0.1, -0.05) is 0 Å². The Morgan fingerprint density at radius 2 is 1.56 bits per heavy atom. The molecule has 5 nitrogen and oxygen atoms in total. The summed E-state index contributed by atoms with van der Waals surface area (Å²) in [6.07, 6.45) is 0. The molecule has 0 aromatic heterocycles. The van der Waals surface area contributed by atoms with Gasteiger partial charge < -0.3 is 19.3 Å². The first-order valence-electron chi connectivity index (χ1n) is 4.15. The molecule has 1 aromatic rings. The van der Waals surface area contributed by atoms with E-state index in [9.17, 15) is 9.90 Å². The molecule has 0 saturated heterocycles. The van der Waals surface area contributed by atoms with Gasteiger partial charge in [0.1, 0.15) is 11.5 Å². The molecule has 0 radical (unpaired) electrons. The van der Waals surface area contributed by atoms with Crippen molar-refractivity contribution >= 4 is 5.97 Å². The first-order chi connectivity index (χ1) is 7.13. The van der Waals surface area contributed by atoms with Gasteiger partial charge in [-0.2, -0.15) is 0 Å². The third kappa shape index (κ3) is 3.04. The maximum Gasteiger partial charge on any atom is 1.00 e. The SMILES string of the molecule is COC(=O)c1cc(OC)c([O-])c(OC)c1.[Na+]. The number of benzene rings is 1. The summed E-state index contributed by atoms with van der Waals surface area (Å²) < 4.78 is 14.2. The Balaban J connectivity index is 0.00000225. The molecular weight excluding hydrogens is 223 g/mol. The fourth-order valence-electron chi connectivity index (χ4n) is 1.12. The van der Waals surface area contributed by atoms with Crippen LogP contribution in [0.25, 0.3) is 0 Å². The van der Waals surface area contributed by atoms with Gasteiger partial charge in [-0.3, -0.25) is 0 Å². The van der Waals surface area contributed by atoms with Gasteiger partial charge >= 0.3 is 35.5 Å². The van der Waals surface area contributed by atoms with Crippen LogP contribution in [0.1, 0.15) is 10.4 Å². The molecule has 0 fully saturated rings. The third-order valence-corrected chi connectivity index (χ3v) is 1.88. The van der Waals surface area contributed by atoms with Crippen LogP contribution < -0.4 is 44.1 Å². The molecule has 0 N–H and O–H groups in total. The van der Waals surface area contributed by atoms with Crippen molar-refractivity contribution in [2.24, 2.45) is 0 Å². The van der Waals surface area contributed by atoms with Gasteiger partial charge in [0.15, 0.2) is 0 Å². The van der Waals surface area contributed by atoms with Gasteiger partial charge in [0.2, 0.25) is 0 Å². The van der Waals surface area contributed by atoms with Crippen LogP contribution in [0.5, 0.6) is 17.2 Å². The summed E-state index contributed by atoms with van der Waals surface area (Å²) in [5.74, 6) is -0.844. The second-order valence-electron chi connectivity index (χ2n) is 2.70. The number of carbonyl (C=O) groups excluding carboxylic acids is 1. The predicted octanol–water partition coefficient (Wildman–Crippen LogP) is -2.43. The molecule has 1 rings (SSSR count). The minimum absolute atomic E-state index is 0. The quantitative estimate of drug-likeness (QED) is 0.429. The van der Waals surface area contributed by atoms with Crippen molar-refractivity contribution in [2.75, 3.05) is 21.3 Å². The molecule has 0 bridgehead atoms. The molecule has 0 amide bonds. The maximum atomic E-state index is 11.5. The molecular formula is C10H11NaO5. The summed E-state index contributed by atoms with van der Waals surface area (Å²) in [6, 6.07) is 2.63. The first kappa shape index (κ1) is 15.1. The Morgan fingerprint density at radius 1 is 1.12 bits per heavy atom. The Kier molecular flexibility index (Phi) is 6.25. The monoisotopic (exact) mass is 234 g/mol. The summed E-state index contributed by atoms with van der Waals surface area (Å²) in [5, 5.41) is 11.5. The molecule has 0 atom stereocenters. The Bertz CT molecular complexity index is 352. The van der Waals surface area contributed by atoms with Crippen LogP contribution in [0.15, 0.2) is 12.1 Å². The molecule has 0 saturated carbocycles. The van der Waals surface area contributed by atoms with Crippen molar-refractivity contribution < 1.29 is 53.7 Å². The minimum Gasteiger partial charge on any atom is -0.867 e. The zero-order valence-corrected chi connectivity index (χ0v) is 11.7. The number of hydrogen-bond acceptors (Lipinski definition) is 5. The fraction of sp³-hybridized carbons (Fsp3) is 0.300. The van der Waals surface area contributed by atoms with Gasteiger partial charge in [0.05, 0.1) is 26.9 Å². The fourth-order valence-corrected chi connectivity index (χ4v) is 1.12. The van der Waals surface area contributed by atoms with Crippen LogP contribution in [0, 0.1) is 0 Å². The molecule has 0 aliphatic heterocycles. The van der Waals surface area contributed by atoms with Gasteiger partial charge in [-0.05, 0) is 17.9 Å². The van der Waals surface area contributed by atoms with E-state index in [1.807, 2.05) is 0 Å². The van der Waals surface area contributed by atoms with Crippen LogP contribution >= 0.6 is 0 Å². The second kappa shape index (κ2) is 6.62. The van der Waals surface area contributed by atoms with Crippen molar-refractivity contribution in [2.45, 2.75) is 0 Å². The maximum absolute atomic E-state index is 11.5. The van der Waals surface area contributed by atoms with E-state index < -0.39 is 11.7 Å². The van der Waals surface area contributed by atoms with E-state index in [2.05, 4.69) is 4.74 Å². The summed E-state index contributed by atoms with van der Waals surface area (Å²) in [6.45, 7) is 0. The number of ether oxygens (including phenoxy) is 3. The van der Waals surface area contributed by atoms with Crippen molar-refractivity contribution in [3.8, 4) is 17.2 Å². The van der Waals surface area contributed by atoms with E-state index in [1.54, 1.807) is 0 Å². The van der Waals surface area contributed by atoms with Gasteiger partial charge in [-0.25, -0.2) is 4.79 Å². The molecule has 0 aliphatic rings.